The van der Waals surface area contributed by atoms with Crippen LogP contribution in [0.1, 0.15) is 42.2 Å². The van der Waals surface area contributed by atoms with Crippen molar-refractivity contribution in [2.75, 3.05) is 26.0 Å². The van der Waals surface area contributed by atoms with Gasteiger partial charge in [-0.3, -0.25) is 4.79 Å². The SMILES string of the molecule is CCCc1cc(C(=O)N(C)CC2CC(O)C2)cc(NC)n1. The average molecular weight is 291 g/mol. The molecule has 0 saturated heterocycles. The van der Waals surface area contributed by atoms with Crippen molar-refractivity contribution < 1.29 is 9.90 Å². The van der Waals surface area contributed by atoms with Gasteiger partial charge in [0.2, 0.25) is 0 Å². The van der Waals surface area contributed by atoms with Crippen LogP contribution in [-0.2, 0) is 6.42 Å². The van der Waals surface area contributed by atoms with Gasteiger partial charge in [0.05, 0.1) is 6.10 Å². The second-order valence-electron chi connectivity index (χ2n) is 5.91. The van der Waals surface area contributed by atoms with Gasteiger partial charge in [0.15, 0.2) is 0 Å². The highest BCUT2D eigenvalue weighted by Gasteiger charge is 2.29. The van der Waals surface area contributed by atoms with Crippen LogP contribution < -0.4 is 5.32 Å². The Bertz CT molecular complexity index is 498. The number of anilines is 1. The Morgan fingerprint density at radius 2 is 2.19 bits per heavy atom. The number of carbonyl (C=O) groups is 1. The van der Waals surface area contributed by atoms with E-state index in [1.54, 1.807) is 11.0 Å². The summed E-state index contributed by atoms with van der Waals surface area (Å²) in [6, 6.07) is 3.69. The van der Waals surface area contributed by atoms with Crippen LogP contribution in [-0.4, -0.2) is 47.6 Å². The predicted molar refractivity (Wildman–Crippen MR) is 83.5 cm³/mol. The third kappa shape index (κ3) is 3.94. The topological polar surface area (TPSA) is 65.5 Å². The molecule has 1 aliphatic carbocycles. The van der Waals surface area contributed by atoms with Gasteiger partial charge in [-0.25, -0.2) is 4.98 Å². The van der Waals surface area contributed by atoms with Gasteiger partial charge >= 0.3 is 0 Å². The van der Waals surface area contributed by atoms with Crippen LogP contribution in [0.15, 0.2) is 12.1 Å². The van der Waals surface area contributed by atoms with E-state index in [-0.39, 0.29) is 12.0 Å². The lowest BCUT2D eigenvalue weighted by molar-refractivity contribution is 0.0265. The lowest BCUT2D eigenvalue weighted by Crippen LogP contribution is -2.39. The molecule has 0 radical (unpaired) electrons. The van der Waals surface area contributed by atoms with Crippen molar-refractivity contribution in [2.24, 2.45) is 5.92 Å². The maximum atomic E-state index is 12.5. The van der Waals surface area contributed by atoms with Gasteiger partial charge < -0.3 is 15.3 Å². The molecule has 1 amide bonds. The van der Waals surface area contributed by atoms with Crippen molar-refractivity contribution in [1.82, 2.24) is 9.88 Å². The van der Waals surface area contributed by atoms with Crippen LogP contribution in [0.4, 0.5) is 5.82 Å². The quantitative estimate of drug-likeness (QED) is 0.840. The first-order valence-corrected chi connectivity index (χ1v) is 7.65. The average Bonchev–Trinajstić information content (AvgIpc) is 2.44. The second kappa shape index (κ2) is 6.89. The summed E-state index contributed by atoms with van der Waals surface area (Å²) in [7, 11) is 3.64. The number of nitrogens with one attached hydrogen (secondary N) is 1. The zero-order valence-electron chi connectivity index (χ0n) is 13.1. The highest BCUT2D eigenvalue weighted by atomic mass is 16.3. The molecule has 1 saturated carbocycles. The van der Waals surface area contributed by atoms with Crippen LogP contribution >= 0.6 is 0 Å². The first-order chi connectivity index (χ1) is 10.0. The molecule has 0 spiro atoms. The second-order valence-corrected chi connectivity index (χ2v) is 5.91. The fourth-order valence-electron chi connectivity index (χ4n) is 2.76. The lowest BCUT2D eigenvalue weighted by Gasteiger charge is -2.34. The molecule has 1 aliphatic rings. The van der Waals surface area contributed by atoms with Gasteiger partial charge in [-0.15, -0.1) is 0 Å². The maximum Gasteiger partial charge on any atom is 0.253 e. The molecule has 2 N–H and O–H groups in total. The van der Waals surface area contributed by atoms with Crippen LogP contribution in [0.25, 0.3) is 0 Å². The molecule has 0 bridgehead atoms. The molecule has 1 fully saturated rings. The first kappa shape index (κ1) is 15.8. The molecule has 5 nitrogen and oxygen atoms in total. The molecular formula is C16H25N3O2. The van der Waals surface area contributed by atoms with Crippen molar-refractivity contribution in [3.8, 4) is 0 Å². The minimum Gasteiger partial charge on any atom is -0.393 e. The summed E-state index contributed by atoms with van der Waals surface area (Å²) >= 11 is 0. The first-order valence-electron chi connectivity index (χ1n) is 7.65. The number of aryl methyl sites for hydroxylation is 1. The molecule has 0 atom stereocenters. The van der Waals surface area contributed by atoms with E-state index in [4.69, 9.17) is 0 Å². The number of carbonyl (C=O) groups excluding carboxylic acids is 1. The number of aromatic nitrogens is 1. The Kier molecular flexibility index (Phi) is 5.17. The van der Waals surface area contributed by atoms with Gasteiger partial charge in [-0.05, 0) is 37.3 Å². The number of rotatable bonds is 6. The van der Waals surface area contributed by atoms with Gasteiger partial charge in [-0.1, -0.05) is 13.3 Å². The van der Waals surface area contributed by atoms with Crippen molar-refractivity contribution in [1.29, 1.82) is 0 Å². The van der Waals surface area contributed by atoms with Crippen molar-refractivity contribution in [2.45, 2.75) is 38.7 Å². The molecule has 2 rings (SSSR count). The summed E-state index contributed by atoms with van der Waals surface area (Å²) in [6.07, 6.45) is 3.30. The molecule has 0 unspecified atom stereocenters. The van der Waals surface area contributed by atoms with E-state index in [9.17, 15) is 9.90 Å². The zero-order chi connectivity index (χ0) is 15.4. The van der Waals surface area contributed by atoms with Crippen LogP contribution in [0, 0.1) is 5.92 Å². The van der Waals surface area contributed by atoms with Crippen LogP contribution in [0.3, 0.4) is 0 Å². The number of nitrogens with zero attached hydrogens (tertiary/aromatic N) is 2. The third-order valence-corrected chi connectivity index (χ3v) is 3.98. The van der Waals surface area contributed by atoms with E-state index < -0.39 is 0 Å². The van der Waals surface area contributed by atoms with Gasteiger partial charge in [0.25, 0.3) is 5.91 Å². The Labute approximate surface area is 126 Å². The number of aliphatic hydroxyl groups excluding tert-OH is 1. The monoisotopic (exact) mass is 291 g/mol. The van der Waals surface area contributed by atoms with Crippen molar-refractivity contribution >= 4 is 11.7 Å². The minimum atomic E-state index is -0.175. The van der Waals surface area contributed by atoms with E-state index in [0.29, 0.717) is 18.0 Å². The van der Waals surface area contributed by atoms with E-state index in [1.807, 2.05) is 20.2 Å². The molecule has 21 heavy (non-hydrogen) atoms. The maximum absolute atomic E-state index is 12.5. The minimum absolute atomic E-state index is 0.0210. The van der Waals surface area contributed by atoms with Crippen LogP contribution in [0.2, 0.25) is 0 Å². The lowest BCUT2D eigenvalue weighted by atomic mass is 9.82. The summed E-state index contributed by atoms with van der Waals surface area (Å²) in [5.41, 5.74) is 1.63. The van der Waals surface area contributed by atoms with E-state index >= 15 is 0 Å². The number of hydrogen-bond acceptors (Lipinski definition) is 4. The molecule has 1 aromatic heterocycles. The van der Waals surface area contributed by atoms with E-state index in [1.165, 1.54) is 0 Å². The number of pyridine rings is 1. The molecular weight excluding hydrogens is 266 g/mol. The van der Waals surface area contributed by atoms with Crippen molar-refractivity contribution in [3.63, 3.8) is 0 Å². The molecule has 1 heterocycles. The fourth-order valence-corrected chi connectivity index (χ4v) is 2.76. The largest absolute Gasteiger partial charge is 0.393 e. The Morgan fingerprint density at radius 1 is 1.48 bits per heavy atom. The molecule has 0 aliphatic heterocycles. The smallest absolute Gasteiger partial charge is 0.253 e. The van der Waals surface area contributed by atoms with Gasteiger partial charge in [0.1, 0.15) is 5.82 Å². The molecule has 0 aromatic carbocycles. The van der Waals surface area contributed by atoms with Crippen molar-refractivity contribution in [3.05, 3.63) is 23.4 Å². The van der Waals surface area contributed by atoms with Crippen LogP contribution in [0.5, 0.6) is 0 Å². The summed E-state index contributed by atoms with van der Waals surface area (Å²) in [5, 5.41) is 12.3. The summed E-state index contributed by atoms with van der Waals surface area (Å²) in [5.74, 6) is 1.18. The van der Waals surface area contributed by atoms with E-state index in [2.05, 4.69) is 17.2 Å². The number of hydrogen-bond donors (Lipinski definition) is 2. The van der Waals surface area contributed by atoms with Gasteiger partial charge in [0, 0.05) is 31.9 Å². The predicted octanol–water partition coefficient (Wildman–Crippen LogP) is 1.92. The Hall–Kier alpha value is -1.62. The highest BCUT2D eigenvalue weighted by molar-refractivity contribution is 5.94. The highest BCUT2D eigenvalue weighted by Crippen LogP contribution is 2.28. The van der Waals surface area contributed by atoms with Gasteiger partial charge in [-0.2, -0.15) is 0 Å². The Balaban J connectivity index is 2.07. The number of aliphatic hydroxyl groups is 1. The number of amides is 1. The Morgan fingerprint density at radius 3 is 2.76 bits per heavy atom. The van der Waals surface area contributed by atoms with E-state index in [0.717, 1.165) is 37.2 Å². The molecule has 5 heteroatoms. The standard InChI is InChI=1S/C16H25N3O2/c1-4-5-13-8-12(9-15(17-2)18-13)16(21)19(3)10-11-6-14(20)7-11/h8-9,11,14,20H,4-7,10H2,1-3H3,(H,17,18). The molecule has 1 aromatic rings. The fraction of sp³-hybridized carbons (Fsp3) is 0.625. The summed E-state index contributed by atoms with van der Waals surface area (Å²) in [4.78, 5) is 18.8. The zero-order valence-corrected chi connectivity index (χ0v) is 13.1. The molecule has 116 valence electrons. The normalized spacial score (nSPS) is 20.8. The summed E-state index contributed by atoms with van der Waals surface area (Å²) < 4.78 is 0. The third-order valence-electron chi connectivity index (χ3n) is 3.98. The summed E-state index contributed by atoms with van der Waals surface area (Å²) in [6.45, 7) is 2.81.